The Bertz CT molecular complexity index is 1890. The fourth-order valence-corrected chi connectivity index (χ4v) is 7.55. The molecule has 64 heavy (non-hydrogen) atoms. The van der Waals surface area contributed by atoms with Gasteiger partial charge >= 0.3 is 0 Å². The molecule has 14 nitrogen and oxygen atoms in total. The zero-order valence-corrected chi connectivity index (χ0v) is 36.8. The normalized spacial score (nSPS) is 25.5. The van der Waals surface area contributed by atoms with Crippen molar-refractivity contribution in [3.8, 4) is 11.5 Å². The molecule has 0 spiro atoms. The molecule has 2 aliphatic heterocycles. The molecular formula is C48H58Cl2O14. The number of hydrogen-bond donors (Lipinski definition) is 8. The van der Waals surface area contributed by atoms with Crippen molar-refractivity contribution in [2.45, 2.75) is 73.9 Å². The van der Waals surface area contributed by atoms with E-state index in [4.69, 9.17) is 51.6 Å². The molecule has 10 atom stereocenters. The highest BCUT2D eigenvalue weighted by molar-refractivity contribution is 6.31. The Morgan fingerprint density at radius 1 is 0.500 bits per heavy atom. The molecule has 16 heteroatoms. The van der Waals surface area contributed by atoms with E-state index in [0.29, 0.717) is 73.7 Å². The molecule has 0 unspecified atom stereocenters. The Balaban J connectivity index is 0.000000241. The summed E-state index contributed by atoms with van der Waals surface area (Å²) in [5.74, 6) is 1.47. The molecule has 2 fully saturated rings. The SMILES string of the molecule is C=CCOCCOc1ccc(Cc2cc([C@@H]3O[C@H](CO)[C@@H](O)[C@H](O)[C@H]3O)ccc2Cl)cc1.C=CCOCCOc1ccc(Cc2cc([C@H]3O[C@H](CO)[C@@H](O)[C@H](O)[C@H]3O)ccc2Cl)cc1. The third-order valence-corrected chi connectivity index (χ3v) is 11.4. The Hall–Kier alpha value is -3.94. The average molecular weight is 930 g/mol. The fourth-order valence-electron chi connectivity index (χ4n) is 7.19. The van der Waals surface area contributed by atoms with Crippen molar-refractivity contribution in [2.75, 3.05) is 52.9 Å². The van der Waals surface area contributed by atoms with Crippen LogP contribution in [0.2, 0.25) is 10.0 Å². The molecule has 0 bridgehead atoms. The van der Waals surface area contributed by atoms with E-state index in [-0.39, 0.29) is 0 Å². The van der Waals surface area contributed by atoms with Gasteiger partial charge in [-0.2, -0.15) is 0 Å². The third-order valence-electron chi connectivity index (χ3n) is 10.7. The van der Waals surface area contributed by atoms with Crippen molar-refractivity contribution in [1.29, 1.82) is 0 Å². The monoisotopic (exact) mass is 928 g/mol. The van der Waals surface area contributed by atoms with Gasteiger partial charge in [0.25, 0.3) is 0 Å². The molecular weight excluding hydrogens is 871 g/mol. The first-order chi connectivity index (χ1) is 30.9. The van der Waals surface area contributed by atoms with Gasteiger partial charge in [0.1, 0.15) is 85.8 Å². The molecule has 8 N–H and O–H groups in total. The lowest BCUT2D eigenvalue weighted by atomic mass is 9.90. The zero-order valence-electron chi connectivity index (χ0n) is 35.3. The summed E-state index contributed by atoms with van der Waals surface area (Å²) in [5, 5.41) is 80.9. The van der Waals surface area contributed by atoms with E-state index in [9.17, 15) is 40.9 Å². The maximum Gasteiger partial charge on any atom is 0.119 e. The van der Waals surface area contributed by atoms with Gasteiger partial charge in [-0.3, -0.25) is 0 Å². The van der Waals surface area contributed by atoms with Crippen LogP contribution in [-0.2, 0) is 31.8 Å². The molecule has 4 aromatic carbocycles. The number of aliphatic hydroxyl groups excluding tert-OH is 8. The predicted molar refractivity (Wildman–Crippen MR) is 240 cm³/mol. The molecule has 6 rings (SSSR count). The predicted octanol–water partition coefficient (Wildman–Crippen LogP) is 4.05. The van der Waals surface area contributed by atoms with Crippen LogP contribution in [0.1, 0.15) is 45.6 Å². The van der Waals surface area contributed by atoms with Gasteiger partial charge in [0, 0.05) is 10.0 Å². The summed E-state index contributed by atoms with van der Waals surface area (Å²) in [7, 11) is 0. The highest BCUT2D eigenvalue weighted by Crippen LogP contribution is 2.36. The summed E-state index contributed by atoms with van der Waals surface area (Å²) < 4.78 is 33.2. The Morgan fingerprint density at radius 2 is 0.875 bits per heavy atom. The average Bonchev–Trinajstić information content (AvgIpc) is 3.30. The summed E-state index contributed by atoms with van der Waals surface area (Å²) in [4.78, 5) is 0. The van der Waals surface area contributed by atoms with Gasteiger partial charge in [0.15, 0.2) is 0 Å². The van der Waals surface area contributed by atoms with Crippen LogP contribution in [0, 0.1) is 0 Å². The number of aliphatic hydroxyl groups is 8. The summed E-state index contributed by atoms with van der Waals surface area (Å²) in [6.45, 7) is 9.06. The number of halogens is 2. The first-order valence-corrected chi connectivity index (χ1v) is 21.6. The second-order valence-corrected chi connectivity index (χ2v) is 16.1. The van der Waals surface area contributed by atoms with Gasteiger partial charge in [-0.05, 0) is 82.6 Å². The Labute approximate surface area is 383 Å². The molecule has 2 aliphatic rings. The van der Waals surface area contributed by atoms with Crippen LogP contribution in [0.3, 0.4) is 0 Å². The number of rotatable bonds is 20. The second kappa shape index (κ2) is 25.7. The smallest absolute Gasteiger partial charge is 0.119 e. The van der Waals surface area contributed by atoms with Gasteiger partial charge in [-0.1, -0.05) is 83.9 Å². The van der Waals surface area contributed by atoms with Gasteiger partial charge in [0.2, 0.25) is 0 Å². The minimum absolute atomic E-state index is 0.445. The van der Waals surface area contributed by atoms with E-state index in [1.54, 1.807) is 48.6 Å². The topological polar surface area (TPSA) is 217 Å². The van der Waals surface area contributed by atoms with Crippen molar-refractivity contribution >= 4 is 23.2 Å². The first kappa shape index (κ1) is 51.1. The van der Waals surface area contributed by atoms with Gasteiger partial charge in [-0.25, -0.2) is 0 Å². The minimum atomic E-state index is -1.43. The van der Waals surface area contributed by atoms with Crippen LogP contribution in [0.25, 0.3) is 0 Å². The summed E-state index contributed by atoms with van der Waals surface area (Å²) in [5.41, 5.74) is 4.84. The molecule has 2 saturated heterocycles. The van der Waals surface area contributed by atoms with E-state index in [1.165, 1.54) is 0 Å². The second-order valence-electron chi connectivity index (χ2n) is 15.3. The van der Waals surface area contributed by atoms with Crippen LogP contribution in [0.15, 0.2) is 110 Å². The molecule has 2 heterocycles. The summed E-state index contributed by atoms with van der Waals surface area (Å²) >= 11 is 12.8. The molecule has 4 aromatic rings. The lowest BCUT2D eigenvalue weighted by Crippen LogP contribution is -2.55. The highest BCUT2D eigenvalue weighted by Gasteiger charge is 2.45. The van der Waals surface area contributed by atoms with Crippen LogP contribution in [-0.4, -0.2) is 143 Å². The van der Waals surface area contributed by atoms with Crippen LogP contribution < -0.4 is 9.47 Å². The maximum absolute atomic E-state index is 10.4. The number of benzene rings is 4. The van der Waals surface area contributed by atoms with E-state index >= 15 is 0 Å². The number of ether oxygens (including phenoxy) is 6. The zero-order chi connectivity index (χ0) is 46.2. The number of hydrogen-bond acceptors (Lipinski definition) is 14. The van der Waals surface area contributed by atoms with E-state index in [2.05, 4.69) is 13.2 Å². The lowest BCUT2D eigenvalue weighted by molar-refractivity contribution is -0.231. The van der Waals surface area contributed by atoms with Crippen LogP contribution >= 0.6 is 23.2 Å². The molecule has 348 valence electrons. The van der Waals surface area contributed by atoms with E-state index < -0.39 is 74.3 Å². The van der Waals surface area contributed by atoms with E-state index in [0.717, 1.165) is 33.8 Å². The summed E-state index contributed by atoms with van der Waals surface area (Å²) in [6, 6.07) is 25.7. The molecule has 0 amide bonds. The van der Waals surface area contributed by atoms with Crippen molar-refractivity contribution in [1.82, 2.24) is 0 Å². The molecule has 0 aliphatic carbocycles. The highest BCUT2D eigenvalue weighted by atomic mass is 35.5. The first-order valence-electron chi connectivity index (χ1n) is 20.9. The van der Waals surface area contributed by atoms with Gasteiger partial charge in [0.05, 0.1) is 39.6 Å². The molecule has 0 saturated carbocycles. The quantitative estimate of drug-likeness (QED) is 0.0464. The summed E-state index contributed by atoms with van der Waals surface area (Å²) in [6.07, 6.45) is -7.62. The Kier molecular flexibility index (Phi) is 20.5. The Morgan fingerprint density at radius 3 is 1.22 bits per heavy atom. The maximum atomic E-state index is 10.4. The van der Waals surface area contributed by atoms with Crippen LogP contribution in [0.4, 0.5) is 0 Å². The third kappa shape index (κ3) is 14.0. The molecule has 0 aromatic heterocycles. The van der Waals surface area contributed by atoms with Crippen molar-refractivity contribution in [2.24, 2.45) is 0 Å². The largest absolute Gasteiger partial charge is 0.491 e. The van der Waals surface area contributed by atoms with E-state index in [1.807, 2.05) is 48.5 Å². The van der Waals surface area contributed by atoms with Crippen molar-refractivity contribution < 1.29 is 69.3 Å². The van der Waals surface area contributed by atoms with Gasteiger partial charge in [-0.15, -0.1) is 13.2 Å². The molecule has 0 radical (unpaired) electrons. The van der Waals surface area contributed by atoms with Gasteiger partial charge < -0.3 is 69.3 Å². The van der Waals surface area contributed by atoms with Crippen molar-refractivity contribution in [3.05, 3.63) is 154 Å². The minimum Gasteiger partial charge on any atom is -0.491 e. The lowest BCUT2D eigenvalue weighted by Gasteiger charge is -2.40. The standard InChI is InChI=1S/2C24H29ClO7/c2*1-2-9-30-10-11-31-18-6-3-15(4-7-18)12-17-13-16(5-8-19(17)25)24-23(29)22(28)21(27)20(14-26)32-24/h2*2-8,13,20-24,26-29H,1,9-12,14H2/t20-,21-,22+,23-,24+;20-,21-,22+,23-,24-/m11/s1. The van der Waals surface area contributed by atoms with Crippen LogP contribution in [0.5, 0.6) is 11.5 Å². The fraction of sp³-hybridized carbons (Fsp3) is 0.417. The van der Waals surface area contributed by atoms with Crippen molar-refractivity contribution in [3.63, 3.8) is 0 Å².